The maximum atomic E-state index is 14.3. The Bertz CT molecular complexity index is 1380. The number of carbonyl (C=O) groups is 1. The Balaban J connectivity index is 1.63. The number of benzene rings is 2. The zero-order chi connectivity index (χ0) is 25.3. The lowest BCUT2D eigenvalue weighted by Gasteiger charge is -2.32. The first-order chi connectivity index (χ1) is 16.5. The van der Waals surface area contributed by atoms with E-state index in [2.05, 4.69) is 10.3 Å². The summed E-state index contributed by atoms with van der Waals surface area (Å²) in [5.41, 5.74) is 0.409. The standard InChI is InChI=1S/C23H20ClF3N4O3S/c24-20-21(30-19-6-5-16(26)11-18(19)27)17(12-29-22(20)35(28,33)34)23(32)31-9-7-14(8-10-31)13-1-3-15(25)4-2-13/h1-6,11-12,14H,7-10H2,(H,29,30)(H2,28,33,34). The Hall–Kier alpha value is -3.15. The van der Waals surface area contributed by atoms with Crippen LogP contribution in [0.3, 0.4) is 0 Å². The van der Waals surface area contributed by atoms with Crippen molar-refractivity contribution in [2.24, 2.45) is 5.14 Å². The first-order valence-corrected chi connectivity index (χ1v) is 12.4. The third-order valence-corrected chi connectivity index (χ3v) is 7.13. The van der Waals surface area contributed by atoms with E-state index in [0.29, 0.717) is 32.0 Å². The van der Waals surface area contributed by atoms with Crippen molar-refractivity contribution >= 4 is 38.9 Å². The molecule has 3 N–H and O–H groups in total. The van der Waals surface area contributed by atoms with Crippen molar-refractivity contribution < 1.29 is 26.4 Å². The summed E-state index contributed by atoms with van der Waals surface area (Å²) >= 11 is 6.25. The summed E-state index contributed by atoms with van der Waals surface area (Å²) in [7, 11) is -4.36. The Morgan fingerprint density at radius 2 is 1.69 bits per heavy atom. The highest BCUT2D eigenvalue weighted by Gasteiger charge is 2.29. The molecule has 0 radical (unpaired) electrons. The van der Waals surface area contributed by atoms with Crippen LogP contribution in [0.4, 0.5) is 24.5 Å². The van der Waals surface area contributed by atoms with Gasteiger partial charge in [-0.3, -0.25) is 4.79 Å². The molecule has 1 aromatic heterocycles. The van der Waals surface area contributed by atoms with Crippen molar-refractivity contribution in [3.63, 3.8) is 0 Å². The van der Waals surface area contributed by atoms with Crippen molar-refractivity contribution in [3.8, 4) is 0 Å². The van der Waals surface area contributed by atoms with Crippen LogP contribution in [0.15, 0.2) is 53.7 Å². The maximum absolute atomic E-state index is 14.3. The van der Waals surface area contributed by atoms with Crippen LogP contribution in [0.5, 0.6) is 0 Å². The third kappa shape index (κ3) is 5.42. The van der Waals surface area contributed by atoms with Crippen LogP contribution in [-0.4, -0.2) is 37.3 Å². The van der Waals surface area contributed by atoms with Crippen LogP contribution in [0.1, 0.15) is 34.7 Å². The van der Waals surface area contributed by atoms with Gasteiger partial charge in [-0.05, 0) is 48.6 Å². The zero-order valence-corrected chi connectivity index (χ0v) is 19.7. The second-order valence-electron chi connectivity index (χ2n) is 8.08. The first-order valence-electron chi connectivity index (χ1n) is 10.5. The number of likely N-dealkylation sites (tertiary alicyclic amines) is 1. The van der Waals surface area contributed by atoms with Crippen molar-refractivity contribution in [3.05, 3.63) is 82.3 Å². The number of carbonyl (C=O) groups excluding carboxylic acids is 1. The number of halogens is 4. The number of hydrogen-bond acceptors (Lipinski definition) is 5. The van der Waals surface area contributed by atoms with Crippen LogP contribution < -0.4 is 10.5 Å². The van der Waals surface area contributed by atoms with Gasteiger partial charge in [-0.2, -0.15) is 0 Å². The average Bonchev–Trinajstić information content (AvgIpc) is 2.81. The molecule has 1 fully saturated rings. The maximum Gasteiger partial charge on any atom is 0.257 e. The van der Waals surface area contributed by atoms with Crippen molar-refractivity contribution in [1.82, 2.24) is 9.88 Å². The van der Waals surface area contributed by atoms with Gasteiger partial charge in [0.2, 0.25) is 0 Å². The molecule has 3 aromatic rings. The van der Waals surface area contributed by atoms with Gasteiger partial charge in [0.25, 0.3) is 15.9 Å². The van der Waals surface area contributed by atoms with Crippen molar-refractivity contribution in [1.29, 1.82) is 0 Å². The molecule has 1 amide bonds. The van der Waals surface area contributed by atoms with E-state index in [4.69, 9.17) is 16.7 Å². The SMILES string of the molecule is NS(=O)(=O)c1ncc(C(=O)N2CCC(c3ccc(F)cc3)CC2)c(Nc2ccc(F)cc2F)c1Cl. The quantitative estimate of drug-likeness (QED) is 0.509. The number of piperidine rings is 1. The molecule has 7 nitrogen and oxygen atoms in total. The Labute approximate surface area is 204 Å². The van der Waals surface area contributed by atoms with Crippen LogP contribution in [0.2, 0.25) is 5.02 Å². The lowest BCUT2D eigenvalue weighted by molar-refractivity contribution is 0.0713. The molecule has 0 unspecified atom stereocenters. The highest BCUT2D eigenvalue weighted by molar-refractivity contribution is 7.89. The molecule has 0 saturated carbocycles. The largest absolute Gasteiger partial charge is 0.351 e. The molecule has 0 aliphatic carbocycles. The van der Waals surface area contributed by atoms with Crippen LogP contribution in [0.25, 0.3) is 0 Å². The van der Waals surface area contributed by atoms with E-state index in [-0.39, 0.29) is 28.7 Å². The number of anilines is 2. The minimum atomic E-state index is -4.36. The molecule has 2 aromatic carbocycles. The van der Waals surface area contributed by atoms with E-state index < -0.39 is 37.6 Å². The Kier molecular flexibility index (Phi) is 7.02. The van der Waals surface area contributed by atoms with Gasteiger partial charge in [0.1, 0.15) is 22.5 Å². The summed E-state index contributed by atoms with van der Waals surface area (Å²) in [5, 5.41) is 6.57. The number of primary sulfonamides is 1. The van der Waals surface area contributed by atoms with Gasteiger partial charge >= 0.3 is 0 Å². The summed E-state index contributed by atoms with van der Waals surface area (Å²) in [6, 6.07) is 8.90. The number of nitrogens with two attached hydrogens (primary N) is 1. The molecule has 12 heteroatoms. The number of amides is 1. The number of rotatable bonds is 5. The second-order valence-corrected chi connectivity index (χ2v) is 9.93. The van der Waals surface area contributed by atoms with E-state index in [1.807, 2.05) is 0 Å². The Morgan fingerprint density at radius 1 is 1.06 bits per heavy atom. The normalized spacial score (nSPS) is 14.7. The number of hydrogen-bond donors (Lipinski definition) is 2. The van der Waals surface area contributed by atoms with Gasteiger partial charge in [-0.15, -0.1) is 0 Å². The molecule has 4 rings (SSSR count). The minimum absolute atomic E-state index is 0.105. The number of sulfonamides is 1. The van der Waals surface area contributed by atoms with Crippen LogP contribution in [0, 0.1) is 17.5 Å². The number of nitrogens with one attached hydrogen (secondary N) is 1. The van der Waals surface area contributed by atoms with Crippen molar-refractivity contribution in [2.75, 3.05) is 18.4 Å². The van der Waals surface area contributed by atoms with E-state index in [1.165, 1.54) is 17.0 Å². The molecule has 1 aliphatic heterocycles. The highest BCUT2D eigenvalue weighted by Crippen LogP contribution is 2.36. The molecule has 184 valence electrons. The molecular weight excluding hydrogens is 505 g/mol. The van der Waals surface area contributed by atoms with E-state index in [9.17, 15) is 26.4 Å². The molecule has 0 atom stereocenters. The summed E-state index contributed by atoms with van der Waals surface area (Å²) in [5.74, 6) is -2.50. The fraction of sp³-hybridized carbons (Fsp3) is 0.217. The Morgan fingerprint density at radius 3 is 2.29 bits per heavy atom. The molecular formula is C23H20ClF3N4O3S. The average molecular weight is 525 g/mol. The number of pyridine rings is 1. The molecule has 0 spiro atoms. The van der Waals surface area contributed by atoms with Gasteiger partial charge in [-0.25, -0.2) is 31.7 Å². The molecule has 1 saturated heterocycles. The number of nitrogens with zero attached hydrogens (tertiary/aromatic N) is 2. The highest BCUT2D eigenvalue weighted by atomic mass is 35.5. The summed E-state index contributed by atoms with van der Waals surface area (Å²) in [6.45, 7) is 0.722. The molecule has 35 heavy (non-hydrogen) atoms. The molecule has 2 heterocycles. The minimum Gasteiger partial charge on any atom is -0.351 e. The smallest absolute Gasteiger partial charge is 0.257 e. The summed E-state index contributed by atoms with van der Waals surface area (Å²) in [6.07, 6.45) is 2.23. The second kappa shape index (κ2) is 9.84. The topological polar surface area (TPSA) is 105 Å². The zero-order valence-electron chi connectivity index (χ0n) is 18.1. The lowest BCUT2D eigenvalue weighted by atomic mass is 9.89. The predicted octanol–water partition coefficient (Wildman–Crippen LogP) is 4.56. The predicted molar refractivity (Wildman–Crippen MR) is 125 cm³/mol. The first kappa shape index (κ1) is 25.0. The van der Waals surface area contributed by atoms with Gasteiger partial charge in [-0.1, -0.05) is 23.7 Å². The monoisotopic (exact) mass is 524 g/mol. The van der Waals surface area contributed by atoms with Gasteiger partial charge < -0.3 is 10.2 Å². The molecule has 0 bridgehead atoms. The van der Waals surface area contributed by atoms with Gasteiger partial charge in [0.05, 0.1) is 16.9 Å². The lowest BCUT2D eigenvalue weighted by Crippen LogP contribution is -2.38. The van der Waals surface area contributed by atoms with E-state index in [1.54, 1.807) is 12.1 Å². The van der Waals surface area contributed by atoms with Crippen LogP contribution in [-0.2, 0) is 10.0 Å². The third-order valence-electron chi connectivity index (χ3n) is 5.80. The van der Waals surface area contributed by atoms with Gasteiger partial charge in [0, 0.05) is 25.4 Å². The van der Waals surface area contributed by atoms with Crippen LogP contribution >= 0.6 is 11.6 Å². The van der Waals surface area contributed by atoms with E-state index in [0.717, 1.165) is 23.9 Å². The number of aromatic nitrogens is 1. The summed E-state index contributed by atoms with van der Waals surface area (Å²) < 4.78 is 64.7. The fourth-order valence-corrected chi connectivity index (χ4v) is 5.07. The molecule has 1 aliphatic rings. The fourth-order valence-electron chi connectivity index (χ4n) is 4.00. The summed E-state index contributed by atoms with van der Waals surface area (Å²) in [4.78, 5) is 18.6. The van der Waals surface area contributed by atoms with Gasteiger partial charge in [0.15, 0.2) is 5.03 Å². The van der Waals surface area contributed by atoms with Crippen molar-refractivity contribution in [2.45, 2.75) is 23.8 Å². The van der Waals surface area contributed by atoms with E-state index >= 15 is 0 Å².